The second-order valence-electron chi connectivity index (χ2n) is 10.3. The lowest BCUT2D eigenvalue weighted by atomic mass is 9.86. The summed E-state index contributed by atoms with van der Waals surface area (Å²) in [5, 5.41) is 15.2. The van der Waals surface area contributed by atoms with Gasteiger partial charge in [-0.05, 0) is 60.6 Å². The van der Waals surface area contributed by atoms with Crippen molar-refractivity contribution in [2.45, 2.75) is 44.9 Å². The van der Waals surface area contributed by atoms with Crippen LogP contribution in [-0.2, 0) is 18.0 Å². The van der Waals surface area contributed by atoms with Crippen LogP contribution in [-0.4, -0.2) is 25.8 Å². The molecule has 1 N–H and O–H groups in total. The number of fused-ring (bicyclic) bond motifs is 1. The van der Waals surface area contributed by atoms with Gasteiger partial charge in [0.05, 0.1) is 17.5 Å². The molecule has 0 atom stereocenters. The maximum atomic E-state index is 11.3. The van der Waals surface area contributed by atoms with Crippen LogP contribution in [0.15, 0.2) is 97.2 Å². The molecule has 1 fully saturated rings. The largest absolute Gasteiger partial charge is 0.481 e. The van der Waals surface area contributed by atoms with Crippen molar-refractivity contribution >= 4 is 16.9 Å². The zero-order valence-corrected chi connectivity index (χ0v) is 22.1. The van der Waals surface area contributed by atoms with Gasteiger partial charge in [-0.25, -0.2) is 0 Å². The SMILES string of the molecule is O=C(O)[C@H]1CC[C@H](n2cc3cc(-c4ccc(OCc5ccccc5)nc4OCc4ccccc4)ccc3n2)CC1. The van der Waals surface area contributed by atoms with E-state index in [1.54, 1.807) is 0 Å². The Kier molecular flexibility index (Phi) is 7.44. The highest BCUT2D eigenvalue weighted by atomic mass is 16.5. The van der Waals surface area contributed by atoms with Crippen LogP contribution in [0.3, 0.4) is 0 Å². The number of ether oxygens (including phenoxy) is 2. The number of hydrogen-bond acceptors (Lipinski definition) is 5. The molecule has 0 amide bonds. The Hall–Kier alpha value is -4.65. The molecule has 0 aliphatic heterocycles. The van der Waals surface area contributed by atoms with E-state index in [0.29, 0.717) is 37.8 Å². The molecule has 2 heterocycles. The lowest BCUT2D eigenvalue weighted by Gasteiger charge is -2.26. The average molecular weight is 534 g/mol. The van der Waals surface area contributed by atoms with E-state index < -0.39 is 5.97 Å². The molecular formula is C33H31N3O4. The van der Waals surface area contributed by atoms with E-state index in [2.05, 4.69) is 12.3 Å². The van der Waals surface area contributed by atoms with Crippen molar-refractivity contribution < 1.29 is 19.4 Å². The first-order chi connectivity index (χ1) is 19.6. The van der Waals surface area contributed by atoms with Gasteiger partial charge in [-0.3, -0.25) is 9.48 Å². The van der Waals surface area contributed by atoms with Crippen molar-refractivity contribution in [1.82, 2.24) is 14.8 Å². The van der Waals surface area contributed by atoms with Crippen LogP contribution in [0.5, 0.6) is 11.8 Å². The molecule has 2 aromatic heterocycles. The van der Waals surface area contributed by atoms with Gasteiger partial charge in [0.25, 0.3) is 0 Å². The molecular weight excluding hydrogens is 502 g/mol. The maximum Gasteiger partial charge on any atom is 0.306 e. The van der Waals surface area contributed by atoms with E-state index >= 15 is 0 Å². The van der Waals surface area contributed by atoms with Crippen molar-refractivity contribution in [2.75, 3.05) is 0 Å². The molecule has 1 saturated carbocycles. The Balaban J connectivity index is 1.26. The van der Waals surface area contributed by atoms with E-state index in [1.807, 2.05) is 89.6 Å². The molecule has 5 aromatic rings. The molecule has 202 valence electrons. The number of benzene rings is 3. The number of hydrogen-bond donors (Lipinski definition) is 1. The normalized spacial score (nSPS) is 17.0. The van der Waals surface area contributed by atoms with E-state index in [-0.39, 0.29) is 12.0 Å². The predicted octanol–water partition coefficient (Wildman–Crippen LogP) is 7.07. The minimum Gasteiger partial charge on any atom is -0.481 e. The molecule has 7 nitrogen and oxygen atoms in total. The third kappa shape index (κ3) is 5.83. The van der Waals surface area contributed by atoms with Crippen molar-refractivity contribution in [3.8, 4) is 22.9 Å². The van der Waals surface area contributed by atoms with Crippen molar-refractivity contribution in [2.24, 2.45) is 5.92 Å². The van der Waals surface area contributed by atoms with E-state index in [9.17, 15) is 9.90 Å². The molecule has 40 heavy (non-hydrogen) atoms. The molecule has 1 aliphatic rings. The van der Waals surface area contributed by atoms with Gasteiger partial charge in [-0.1, -0.05) is 66.7 Å². The number of aromatic nitrogens is 3. The Morgan fingerprint density at radius 1 is 0.825 bits per heavy atom. The van der Waals surface area contributed by atoms with Gasteiger partial charge in [-0.15, -0.1) is 0 Å². The van der Waals surface area contributed by atoms with Gasteiger partial charge < -0.3 is 14.6 Å². The number of nitrogens with zero attached hydrogens (tertiary/aromatic N) is 3. The van der Waals surface area contributed by atoms with E-state index in [1.165, 1.54) is 0 Å². The molecule has 0 radical (unpaired) electrons. The van der Waals surface area contributed by atoms with Crippen LogP contribution >= 0.6 is 0 Å². The van der Waals surface area contributed by atoms with Gasteiger partial charge in [0.15, 0.2) is 0 Å². The van der Waals surface area contributed by atoms with E-state index in [4.69, 9.17) is 19.6 Å². The van der Waals surface area contributed by atoms with Crippen LogP contribution in [0.2, 0.25) is 0 Å². The number of carboxylic acids is 1. The van der Waals surface area contributed by atoms with Crippen LogP contribution < -0.4 is 9.47 Å². The molecule has 0 unspecified atom stereocenters. The summed E-state index contributed by atoms with van der Waals surface area (Å²) in [7, 11) is 0. The van der Waals surface area contributed by atoms with Crippen molar-refractivity contribution in [1.29, 1.82) is 0 Å². The molecule has 7 heteroatoms. The Labute approximate surface area is 233 Å². The minimum absolute atomic E-state index is 0.221. The highest BCUT2D eigenvalue weighted by molar-refractivity contribution is 5.85. The zero-order valence-electron chi connectivity index (χ0n) is 22.1. The standard InChI is InChI=1S/C33H31N3O4/c37-33(38)25-11-14-28(15-12-25)36-20-27-19-26(13-17-30(27)35-36)29-16-18-31(39-21-23-7-3-1-4-8-23)34-32(29)40-22-24-9-5-2-6-10-24/h1-10,13,16-20,25,28H,11-12,14-15,21-22H2,(H,37,38)/t25-,28-. The molecule has 6 rings (SSSR count). The predicted molar refractivity (Wildman–Crippen MR) is 153 cm³/mol. The average Bonchev–Trinajstić information content (AvgIpc) is 3.44. The number of pyridine rings is 1. The molecule has 0 bridgehead atoms. The van der Waals surface area contributed by atoms with Gasteiger partial charge in [0.1, 0.15) is 13.2 Å². The van der Waals surface area contributed by atoms with Gasteiger partial charge in [0, 0.05) is 23.2 Å². The maximum absolute atomic E-state index is 11.3. The van der Waals surface area contributed by atoms with Crippen LogP contribution in [0.4, 0.5) is 0 Å². The lowest BCUT2D eigenvalue weighted by molar-refractivity contribution is -0.143. The van der Waals surface area contributed by atoms with Crippen LogP contribution in [0.25, 0.3) is 22.0 Å². The number of carbonyl (C=O) groups is 1. The lowest BCUT2D eigenvalue weighted by Crippen LogP contribution is -2.23. The quantitative estimate of drug-likeness (QED) is 0.218. The van der Waals surface area contributed by atoms with Crippen molar-refractivity contribution in [3.63, 3.8) is 0 Å². The summed E-state index contributed by atoms with van der Waals surface area (Å²) in [4.78, 5) is 16.1. The van der Waals surface area contributed by atoms with Crippen molar-refractivity contribution in [3.05, 3.63) is 108 Å². The topological polar surface area (TPSA) is 86.5 Å². The van der Waals surface area contributed by atoms with E-state index in [0.717, 1.165) is 46.0 Å². The zero-order chi connectivity index (χ0) is 27.3. The molecule has 1 aliphatic carbocycles. The summed E-state index contributed by atoms with van der Waals surface area (Å²) in [5.41, 5.74) is 4.89. The summed E-state index contributed by atoms with van der Waals surface area (Å²) >= 11 is 0. The second kappa shape index (κ2) is 11.6. The Bertz CT molecular complexity index is 1590. The molecule has 0 saturated heterocycles. The van der Waals surface area contributed by atoms with Gasteiger partial charge in [0.2, 0.25) is 11.8 Å². The number of aliphatic carboxylic acids is 1. The fraction of sp³-hybridized carbons (Fsp3) is 0.242. The smallest absolute Gasteiger partial charge is 0.306 e. The molecule has 0 spiro atoms. The summed E-state index contributed by atoms with van der Waals surface area (Å²) in [6, 6.07) is 30.3. The first kappa shape index (κ1) is 25.6. The first-order valence-electron chi connectivity index (χ1n) is 13.7. The number of carboxylic acid groups (broad SMARTS) is 1. The van der Waals surface area contributed by atoms with Crippen LogP contribution in [0, 0.1) is 5.92 Å². The van der Waals surface area contributed by atoms with Gasteiger partial charge in [-0.2, -0.15) is 10.1 Å². The fourth-order valence-electron chi connectivity index (χ4n) is 5.28. The second-order valence-corrected chi connectivity index (χ2v) is 10.3. The summed E-state index contributed by atoms with van der Waals surface area (Å²) in [6.07, 6.45) is 5.09. The Morgan fingerprint density at radius 3 is 2.17 bits per heavy atom. The highest BCUT2D eigenvalue weighted by Gasteiger charge is 2.27. The summed E-state index contributed by atoms with van der Waals surface area (Å²) in [5.74, 6) is 0.0769. The Morgan fingerprint density at radius 2 is 1.50 bits per heavy atom. The molecule has 3 aromatic carbocycles. The summed E-state index contributed by atoms with van der Waals surface area (Å²) < 4.78 is 14.3. The van der Waals surface area contributed by atoms with Gasteiger partial charge >= 0.3 is 5.97 Å². The highest BCUT2D eigenvalue weighted by Crippen LogP contribution is 2.35. The number of rotatable bonds is 9. The fourth-order valence-corrected chi connectivity index (χ4v) is 5.28. The minimum atomic E-state index is -0.691. The van der Waals surface area contributed by atoms with Crippen LogP contribution in [0.1, 0.15) is 42.9 Å². The summed E-state index contributed by atoms with van der Waals surface area (Å²) in [6.45, 7) is 0.813. The monoisotopic (exact) mass is 533 g/mol. The third-order valence-electron chi connectivity index (χ3n) is 7.54. The third-order valence-corrected chi connectivity index (χ3v) is 7.54. The first-order valence-corrected chi connectivity index (χ1v) is 13.7.